The molecule has 0 aromatic carbocycles. The molecule has 0 unspecified atom stereocenters. The topological polar surface area (TPSA) is 18.5 Å². The van der Waals surface area contributed by atoms with Crippen molar-refractivity contribution in [2.45, 2.75) is 24.4 Å². The summed E-state index contributed by atoms with van der Waals surface area (Å²) in [5, 5.41) is 0. The zero-order valence-corrected chi connectivity index (χ0v) is 8.51. The van der Waals surface area contributed by atoms with E-state index in [9.17, 15) is 43.9 Å². The van der Waals surface area contributed by atoms with Crippen LogP contribution >= 0.6 is 0 Å². The molecule has 0 aromatic heterocycles. The summed E-state index contributed by atoms with van der Waals surface area (Å²) >= 11 is 0. The lowest BCUT2D eigenvalue weighted by atomic mass is 10.5. The Morgan fingerprint density at radius 2 is 1.21 bits per heavy atom. The van der Waals surface area contributed by atoms with Crippen LogP contribution in [0.2, 0.25) is 0 Å². The van der Waals surface area contributed by atoms with E-state index in [0.29, 0.717) is 0 Å². The van der Waals surface area contributed by atoms with E-state index in [1.54, 1.807) is 0 Å². The van der Waals surface area contributed by atoms with E-state index in [4.69, 9.17) is 0 Å². The number of ether oxygens (including phenoxy) is 2. The highest BCUT2D eigenvalue weighted by Crippen LogP contribution is 2.44. The molecule has 0 amide bonds. The lowest BCUT2D eigenvalue weighted by molar-refractivity contribution is -0.509. The van der Waals surface area contributed by atoms with Crippen LogP contribution in [-0.4, -0.2) is 31.1 Å². The van der Waals surface area contributed by atoms with Gasteiger partial charge in [-0.15, -0.1) is 0 Å². The Kier molecular flexibility index (Phi) is 4.87. The van der Waals surface area contributed by atoms with Gasteiger partial charge in [0.15, 0.2) is 12.5 Å². The molecule has 0 radical (unpaired) electrons. The van der Waals surface area contributed by atoms with Crippen LogP contribution < -0.4 is 0 Å². The van der Waals surface area contributed by atoms with Crippen molar-refractivity contribution in [3.8, 4) is 0 Å². The molecule has 0 bridgehead atoms. The molecule has 0 saturated carbocycles. The van der Waals surface area contributed by atoms with E-state index in [0.717, 1.165) is 0 Å². The van der Waals surface area contributed by atoms with Crippen molar-refractivity contribution in [1.82, 2.24) is 0 Å². The van der Waals surface area contributed by atoms with E-state index >= 15 is 0 Å². The predicted octanol–water partition coefficient (Wildman–Crippen LogP) is 3.84. The first-order valence-electron chi connectivity index (χ1n) is 3.99. The second-order valence-electron chi connectivity index (χ2n) is 2.93. The monoisotopic (exact) mass is 310 g/mol. The van der Waals surface area contributed by atoms with E-state index in [1.807, 2.05) is 6.58 Å². The second-order valence-corrected chi connectivity index (χ2v) is 2.93. The Labute approximate surface area is 98.1 Å². The Morgan fingerprint density at radius 1 is 0.842 bits per heavy atom. The number of halogens is 10. The maximum atomic E-state index is 12.5. The highest BCUT2D eigenvalue weighted by molar-refractivity contribution is 4.92. The number of rotatable bonds is 7. The molecular weight excluding hydrogens is 306 g/mol. The summed E-state index contributed by atoms with van der Waals surface area (Å²) in [6.45, 7) is -1.12. The summed E-state index contributed by atoms with van der Waals surface area (Å²) in [7, 11) is 0. The molecule has 12 heteroatoms. The first kappa shape index (κ1) is 18.0. The molecule has 0 spiro atoms. The Morgan fingerprint density at radius 3 is 1.53 bits per heavy atom. The minimum absolute atomic E-state index is 1.81. The summed E-state index contributed by atoms with van der Waals surface area (Å²) in [6, 6.07) is 0. The van der Waals surface area contributed by atoms with Crippen LogP contribution in [0.4, 0.5) is 43.9 Å². The lowest BCUT2D eigenvalue weighted by Gasteiger charge is -2.29. The molecule has 0 aliphatic heterocycles. The molecule has 0 rings (SSSR count). The van der Waals surface area contributed by atoms with Gasteiger partial charge < -0.3 is 0 Å². The highest BCUT2D eigenvalue weighted by Gasteiger charge is 2.67. The third-order valence-electron chi connectivity index (χ3n) is 1.34. The van der Waals surface area contributed by atoms with E-state index < -0.39 is 36.9 Å². The van der Waals surface area contributed by atoms with Gasteiger partial charge in [-0.2, -0.15) is 35.1 Å². The summed E-state index contributed by atoms with van der Waals surface area (Å²) in [6.07, 6.45) is -23.7. The predicted molar refractivity (Wildman–Crippen MR) is 38.2 cm³/mol. The third kappa shape index (κ3) is 4.53. The number of hydrogen-bond donors (Lipinski definition) is 0. The first-order chi connectivity index (χ1) is 8.17. The second kappa shape index (κ2) is 5.15. The number of alkyl halides is 9. The Bertz CT molecular complexity index is 339. The maximum Gasteiger partial charge on any atom is 0.453 e. The molecular formula is C7H4F10O2. The van der Waals surface area contributed by atoms with Crippen molar-refractivity contribution in [3.63, 3.8) is 0 Å². The number of hydrogen-bond acceptors (Lipinski definition) is 2. The van der Waals surface area contributed by atoms with Crippen LogP contribution in [0, 0.1) is 0 Å². The van der Waals surface area contributed by atoms with Gasteiger partial charge >= 0.3 is 24.4 Å². The highest BCUT2D eigenvalue weighted by atomic mass is 19.3. The summed E-state index contributed by atoms with van der Waals surface area (Å²) in [5.74, 6) is -2.89. The van der Waals surface area contributed by atoms with E-state index in [2.05, 4.69) is 9.47 Å². The molecule has 0 saturated heterocycles. The van der Waals surface area contributed by atoms with Crippen molar-refractivity contribution in [2.75, 3.05) is 6.67 Å². The van der Waals surface area contributed by atoms with Crippen LogP contribution in [0.5, 0.6) is 0 Å². The van der Waals surface area contributed by atoms with Gasteiger partial charge in [-0.3, -0.25) is 0 Å². The molecule has 19 heavy (non-hydrogen) atoms. The van der Waals surface area contributed by atoms with Crippen molar-refractivity contribution < 1.29 is 53.4 Å². The third-order valence-corrected chi connectivity index (χ3v) is 1.34. The van der Waals surface area contributed by atoms with Crippen LogP contribution in [0.1, 0.15) is 0 Å². The van der Waals surface area contributed by atoms with Gasteiger partial charge in [0.05, 0.1) is 0 Å². The molecule has 2 nitrogen and oxygen atoms in total. The molecule has 0 aliphatic rings. The minimum atomic E-state index is -6.38. The van der Waals surface area contributed by atoms with Gasteiger partial charge in [0.1, 0.15) is 0 Å². The standard InChI is InChI=1S/C7H4F10O2/c1-3(9)5(12,13)19-7(16,17)6(14,15)18-4(10,11)2-8/h1-2H2. The van der Waals surface area contributed by atoms with Gasteiger partial charge in [0, 0.05) is 0 Å². The zero-order valence-electron chi connectivity index (χ0n) is 8.51. The average Bonchev–Trinajstić information content (AvgIpc) is 2.13. The molecule has 0 aromatic rings. The van der Waals surface area contributed by atoms with Gasteiger partial charge in [0.2, 0.25) is 0 Å². The lowest BCUT2D eigenvalue weighted by Crippen LogP contribution is -2.52. The Hall–Kier alpha value is -1.04. The van der Waals surface area contributed by atoms with Crippen molar-refractivity contribution in [1.29, 1.82) is 0 Å². The van der Waals surface area contributed by atoms with Gasteiger partial charge in [-0.1, -0.05) is 6.58 Å². The van der Waals surface area contributed by atoms with Crippen molar-refractivity contribution in [2.24, 2.45) is 0 Å². The SMILES string of the molecule is C=C(F)C(F)(F)OC(F)(F)C(F)(F)OC(F)(F)CF. The normalized spacial score (nSPS) is 14.6. The molecule has 0 heterocycles. The maximum absolute atomic E-state index is 12.5. The Balaban J connectivity index is 5.13. The van der Waals surface area contributed by atoms with Crippen LogP contribution in [-0.2, 0) is 9.47 Å². The minimum Gasteiger partial charge on any atom is -0.246 e. The molecule has 0 N–H and O–H groups in total. The van der Waals surface area contributed by atoms with Gasteiger partial charge in [-0.25, -0.2) is 18.3 Å². The average molecular weight is 310 g/mol. The largest absolute Gasteiger partial charge is 0.453 e. The van der Waals surface area contributed by atoms with Gasteiger partial charge in [-0.05, 0) is 0 Å². The van der Waals surface area contributed by atoms with E-state index in [-0.39, 0.29) is 0 Å². The summed E-state index contributed by atoms with van der Waals surface area (Å²) in [4.78, 5) is 0. The van der Waals surface area contributed by atoms with Crippen LogP contribution in [0.15, 0.2) is 12.4 Å². The van der Waals surface area contributed by atoms with Crippen molar-refractivity contribution >= 4 is 0 Å². The molecule has 0 aliphatic carbocycles. The van der Waals surface area contributed by atoms with Crippen molar-refractivity contribution in [3.05, 3.63) is 12.4 Å². The van der Waals surface area contributed by atoms with Crippen LogP contribution in [0.25, 0.3) is 0 Å². The fourth-order valence-corrected chi connectivity index (χ4v) is 0.550. The zero-order chi connectivity index (χ0) is 15.7. The fraction of sp³-hybridized carbons (Fsp3) is 0.714. The first-order valence-corrected chi connectivity index (χ1v) is 3.99. The molecule has 0 fully saturated rings. The van der Waals surface area contributed by atoms with Gasteiger partial charge in [0.25, 0.3) is 0 Å². The molecule has 0 atom stereocenters. The quantitative estimate of drug-likeness (QED) is 0.665. The van der Waals surface area contributed by atoms with Crippen LogP contribution in [0.3, 0.4) is 0 Å². The smallest absolute Gasteiger partial charge is 0.246 e. The summed E-state index contributed by atoms with van der Waals surface area (Å²) < 4.78 is 126. The van der Waals surface area contributed by atoms with E-state index in [1.165, 1.54) is 0 Å². The fourth-order valence-electron chi connectivity index (χ4n) is 0.550. The molecule has 114 valence electrons. The summed E-state index contributed by atoms with van der Waals surface area (Å²) in [5.41, 5.74) is 0.